The Hall–Kier alpha value is -0.640. The summed E-state index contributed by atoms with van der Waals surface area (Å²) < 4.78 is 2.22. The van der Waals surface area contributed by atoms with E-state index in [9.17, 15) is 0 Å². The van der Waals surface area contributed by atoms with Crippen molar-refractivity contribution in [2.45, 2.75) is 33.2 Å². The fourth-order valence-electron chi connectivity index (χ4n) is 2.20. The van der Waals surface area contributed by atoms with Gasteiger partial charge in [0.25, 0.3) is 0 Å². The van der Waals surface area contributed by atoms with Crippen molar-refractivity contribution in [1.82, 2.24) is 9.55 Å². The van der Waals surface area contributed by atoms with Crippen LogP contribution in [0.5, 0.6) is 0 Å². The maximum absolute atomic E-state index is 4.40. The Bertz CT molecular complexity index is 329. The number of imidazole rings is 1. The Balaban J connectivity index is 1.83. The molecule has 1 saturated heterocycles. The second kappa shape index (κ2) is 6.34. The third kappa shape index (κ3) is 3.95. The van der Waals surface area contributed by atoms with Crippen LogP contribution in [0.15, 0.2) is 12.4 Å². The van der Waals surface area contributed by atoms with Gasteiger partial charge in [-0.15, -0.1) is 0 Å². The average Bonchev–Trinajstić information content (AvgIpc) is 2.74. The van der Waals surface area contributed by atoms with Gasteiger partial charge < -0.3 is 9.88 Å². The van der Waals surface area contributed by atoms with Crippen LogP contribution in [0, 0.1) is 11.8 Å². The van der Waals surface area contributed by atoms with Gasteiger partial charge in [0.15, 0.2) is 0 Å². The predicted octanol–water partition coefficient (Wildman–Crippen LogP) is 3.09. The van der Waals surface area contributed by atoms with Crippen LogP contribution in [-0.4, -0.2) is 27.6 Å². The topological polar surface area (TPSA) is 29.9 Å². The molecule has 3 nitrogen and oxygen atoms in total. The van der Waals surface area contributed by atoms with Gasteiger partial charge in [-0.25, -0.2) is 4.98 Å². The third-order valence-corrected chi connectivity index (χ3v) is 4.22. The largest absolute Gasteiger partial charge is 0.355 e. The molecule has 1 aliphatic heterocycles. The smallest absolute Gasteiger partial charge is 0.202 e. The zero-order valence-corrected chi connectivity index (χ0v) is 11.7. The number of nitrogens with one attached hydrogen (secondary N) is 1. The first kappa shape index (κ1) is 12.8. The van der Waals surface area contributed by atoms with Crippen LogP contribution in [0.3, 0.4) is 0 Å². The number of anilines is 1. The molecule has 96 valence electrons. The van der Waals surface area contributed by atoms with E-state index in [1.807, 2.05) is 6.20 Å². The maximum Gasteiger partial charge on any atom is 0.202 e. The van der Waals surface area contributed by atoms with Crippen LogP contribution in [0.2, 0.25) is 0 Å². The van der Waals surface area contributed by atoms with Crippen molar-refractivity contribution in [2.75, 3.05) is 23.4 Å². The van der Waals surface area contributed by atoms with Crippen LogP contribution in [0.25, 0.3) is 0 Å². The van der Waals surface area contributed by atoms with Gasteiger partial charge in [-0.05, 0) is 36.2 Å². The number of hydrogen-bond donors (Lipinski definition) is 1. The van der Waals surface area contributed by atoms with Gasteiger partial charge in [0, 0.05) is 25.5 Å². The molecule has 0 aromatic carbocycles. The molecule has 0 unspecified atom stereocenters. The molecule has 0 saturated carbocycles. The molecular formula is C13H23N3S. The van der Waals surface area contributed by atoms with E-state index in [1.54, 1.807) is 0 Å². The van der Waals surface area contributed by atoms with Gasteiger partial charge in [0.05, 0.1) is 0 Å². The van der Waals surface area contributed by atoms with Crippen LogP contribution >= 0.6 is 11.8 Å². The number of rotatable bonds is 5. The van der Waals surface area contributed by atoms with E-state index in [2.05, 4.69) is 46.7 Å². The van der Waals surface area contributed by atoms with Crippen molar-refractivity contribution in [3.8, 4) is 0 Å². The van der Waals surface area contributed by atoms with Gasteiger partial charge in [-0.1, -0.05) is 13.8 Å². The molecule has 0 aliphatic carbocycles. The molecule has 0 radical (unpaired) electrons. The lowest BCUT2D eigenvalue weighted by atomic mass is 10.0. The molecule has 0 bridgehead atoms. The van der Waals surface area contributed by atoms with Gasteiger partial charge >= 0.3 is 0 Å². The zero-order valence-electron chi connectivity index (χ0n) is 10.9. The standard InChI is InChI=1S/C13H23N3S/c1-11(2)10-16-6-5-14-13(16)15-9-12-3-7-17-8-4-12/h5-6,11-12H,3-4,7-10H2,1-2H3,(H,14,15). The molecule has 1 fully saturated rings. The first-order chi connectivity index (χ1) is 8.25. The average molecular weight is 253 g/mol. The van der Waals surface area contributed by atoms with Crippen molar-refractivity contribution in [2.24, 2.45) is 11.8 Å². The minimum Gasteiger partial charge on any atom is -0.355 e. The highest BCUT2D eigenvalue weighted by molar-refractivity contribution is 7.99. The van der Waals surface area contributed by atoms with Crippen molar-refractivity contribution in [3.63, 3.8) is 0 Å². The first-order valence-electron chi connectivity index (χ1n) is 6.58. The predicted molar refractivity (Wildman–Crippen MR) is 75.6 cm³/mol. The van der Waals surface area contributed by atoms with Crippen molar-refractivity contribution in [3.05, 3.63) is 12.4 Å². The lowest BCUT2D eigenvalue weighted by Gasteiger charge is -2.22. The van der Waals surface area contributed by atoms with Crippen LogP contribution in [-0.2, 0) is 6.54 Å². The number of hydrogen-bond acceptors (Lipinski definition) is 3. The quantitative estimate of drug-likeness (QED) is 0.874. The molecule has 0 atom stereocenters. The Labute approximate surface area is 108 Å². The molecule has 1 N–H and O–H groups in total. The van der Waals surface area contributed by atoms with Crippen LogP contribution in [0.4, 0.5) is 5.95 Å². The highest BCUT2D eigenvalue weighted by Crippen LogP contribution is 2.22. The van der Waals surface area contributed by atoms with E-state index >= 15 is 0 Å². The molecule has 0 amide bonds. The van der Waals surface area contributed by atoms with Gasteiger partial charge in [-0.2, -0.15) is 11.8 Å². The first-order valence-corrected chi connectivity index (χ1v) is 7.74. The summed E-state index contributed by atoms with van der Waals surface area (Å²) in [6, 6.07) is 0. The Morgan fingerprint density at radius 3 is 2.94 bits per heavy atom. The van der Waals surface area contributed by atoms with Crippen LogP contribution in [0.1, 0.15) is 26.7 Å². The summed E-state index contributed by atoms with van der Waals surface area (Å²) in [5, 5.41) is 3.51. The summed E-state index contributed by atoms with van der Waals surface area (Å²) in [5.41, 5.74) is 0. The summed E-state index contributed by atoms with van der Waals surface area (Å²) in [6.45, 7) is 6.60. The molecular weight excluding hydrogens is 230 g/mol. The van der Waals surface area contributed by atoms with Gasteiger partial charge in [-0.3, -0.25) is 0 Å². The molecule has 1 aliphatic rings. The second-order valence-corrected chi connectivity index (χ2v) is 6.46. The summed E-state index contributed by atoms with van der Waals surface area (Å²) >= 11 is 2.08. The summed E-state index contributed by atoms with van der Waals surface area (Å²) in [6.07, 6.45) is 6.66. The lowest BCUT2D eigenvalue weighted by molar-refractivity contribution is 0.503. The molecule has 1 aromatic rings. The fourth-order valence-corrected chi connectivity index (χ4v) is 3.41. The maximum atomic E-state index is 4.40. The SMILES string of the molecule is CC(C)Cn1ccnc1NCC1CCSCC1. The minimum absolute atomic E-state index is 0.663. The lowest BCUT2D eigenvalue weighted by Crippen LogP contribution is -2.21. The van der Waals surface area contributed by atoms with Crippen molar-refractivity contribution in [1.29, 1.82) is 0 Å². The summed E-state index contributed by atoms with van der Waals surface area (Å²) in [4.78, 5) is 4.40. The second-order valence-electron chi connectivity index (χ2n) is 5.23. The number of thioether (sulfide) groups is 1. The molecule has 17 heavy (non-hydrogen) atoms. The van der Waals surface area contributed by atoms with E-state index in [4.69, 9.17) is 0 Å². The van der Waals surface area contributed by atoms with E-state index in [0.29, 0.717) is 5.92 Å². The Kier molecular flexibility index (Phi) is 4.77. The number of nitrogens with zero attached hydrogens (tertiary/aromatic N) is 2. The van der Waals surface area contributed by atoms with E-state index in [0.717, 1.165) is 25.0 Å². The zero-order chi connectivity index (χ0) is 12.1. The highest BCUT2D eigenvalue weighted by Gasteiger charge is 2.14. The van der Waals surface area contributed by atoms with Gasteiger partial charge in [0.2, 0.25) is 5.95 Å². The molecule has 0 spiro atoms. The normalized spacial score (nSPS) is 17.6. The molecule has 2 heterocycles. The van der Waals surface area contributed by atoms with E-state index in [-0.39, 0.29) is 0 Å². The fraction of sp³-hybridized carbons (Fsp3) is 0.769. The van der Waals surface area contributed by atoms with E-state index in [1.165, 1.54) is 24.3 Å². The van der Waals surface area contributed by atoms with Crippen molar-refractivity contribution < 1.29 is 0 Å². The molecule has 2 rings (SSSR count). The summed E-state index contributed by atoms with van der Waals surface area (Å²) in [5.74, 6) is 5.19. The minimum atomic E-state index is 0.663. The highest BCUT2D eigenvalue weighted by atomic mass is 32.2. The van der Waals surface area contributed by atoms with E-state index < -0.39 is 0 Å². The third-order valence-electron chi connectivity index (χ3n) is 3.17. The monoisotopic (exact) mass is 253 g/mol. The Morgan fingerprint density at radius 1 is 1.47 bits per heavy atom. The van der Waals surface area contributed by atoms with Crippen molar-refractivity contribution >= 4 is 17.7 Å². The number of aromatic nitrogens is 2. The Morgan fingerprint density at radius 2 is 2.24 bits per heavy atom. The summed E-state index contributed by atoms with van der Waals surface area (Å²) in [7, 11) is 0. The molecule has 4 heteroatoms. The molecule has 1 aromatic heterocycles. The van der Waals surface area contributed by atoms with Crippen LogP contribution < -0.4 is 5.32 Å². The van der Waals surface area contributed by atoms with Gasteiger partial charge in [0.1, 0.15) is 0 Å².